The van der Waals surface area contributed by atoms with Crippen LogP contribution in [0.1, 0.15) is 18.5 Å². The van der Waals surface area contributed by atoms with Gasteiger partial charge in [0.15, 0.2) is 5.82 Å². The van der Waals surface area contributed by atoms with Crippen LogP contribution in [0.25, 0.3) is 11.4 Å². The normalized spacial score (nSPS) is 15.9. The molecule has 7 nitrogen and oxygen atoms in total. The van der Waals surface area contributed by atoms with Gasteiger partial charge in [-0.3, -0.25) is 4.79 Å². The van der Waals surface area contributed by atoms with E-state index in [0.29, 0.717) is 38.7 Å². The Kier molecular flexibility index (Phi) is 4.49. The molecule has 142 valence electrons. The Balaban J connectivity index is 1.87. The van der Waals surface area contributed by atoms with E-state index in [4.69, 9.17) is 28.9 Å². The quantitative estimate of drug-likeness (QED) is 0.603. The summed E-state index contributed by atoms with van der Waals surface area (Å²) in [4.78, 5) is 16.7. The number of anilines is 1. The first kappa shape index (κ1) is 18.3. The number of hydrogen-bond acceptors (Lipinski definition) is 5. The van der Waals surface area contributed by atoms with Gasteiger partial charge in [-0.2, -0.15) is 4.98 Å². The zero-order valence-electron chi connectivity index (χ0n) is 14.6. The fourth-order valence-corrected chi connectivity index (χ4v) is 3.49. The van der Waals surface area contributed by atoms with E-state index in [-0.39, 0.29) is 5.75 Å². The van der Waals surface area contributed by atoms with Gasteiger partial charge in [-0.25, -0.2) is 4.68 Å². The summed E-state index contributed by atoms with van der Waals surface area (Å²) in [5.74, 6) is 0.430. The van der Waals surface area contributed by atoms with Gasteiger partial charge in [-0.1, -0.05) is 35.3 Å². The van der Waals surface area contributed by atoms with Gasteiger partial charge in [0.1, 0.15) is 11.8 Å². The Hall–Kier alpha value is -3.03. The van der Waals surface area contributed by atoms with Crippen molar-refractivity contribution in [2.75, 3.05) is 5.32 Å². The smallest absolute Gasteiger partial charge is 0.248 e. The van der Waals surface area contributed by atoms with E-state index < -0.39 is 11.9 Å². The largest absolute Gasteiger partial charge is 0.508 e. The molecule has 1 amide bonds. The maximum atomic E-state index is 12.2. The second-order valence-corrected chi connectivity index (χ2v) is 7.17. The van der Waals surface area contributed by atoms with Gasteiger partial charge in [0.2, 0.25) is 11.9 Å². The number of nitrogens with one attached hydrogen (secondary N) is 1. The second-order valence-electron chi connectivity index (χ2n) is 6.35. The van der Waals surface area contributed by atoms with E-state index in [1.807, 2.05) is 0 Å². The molecule has 2 heterocycles. The molecule has 0 aliphatic carbocycles. The fourth-order valence-electron chi connectivity index (χ4n) is 3.19. The van der Waals surface area contributed by atoms with Crippen molar-refractivity contribution in [2.24, 2.45) is 5.73 Å². The maximum absolute atomic E-state index is 12.2. The van der Waals surface area contributed by atoms with Crippen LogP contribution in [0.5, 0.6) is 5.75 Å². The van der Waals surface area contributed by atoms with E-state index in [9.17, 15) is 9.90 Å². The maximum Gasteiger partial charge on any atom is 0.248 e. The summed E-state index contributed by atoms with van der Waals surface area (Å²) in [5.41, 5.74) is 8.02. The number of allylic oxidation sites excluding steroid dienone is 1. The predicted molar refractivity (Wildman–Crippen MR) is 107 cm³/mol. The number of fused-ring (bicyclic) bond motifs is 1. The average molecular weight is 416 g/mol. The predicted octanol–water partition coefficient (Wildman–Crippen LogP) is 3.73. The van der Waals surface area contributed by atoms with Gasteiger partial charge >= 0.3 is 0 Å². The van der Waals surface area contributed by atoms with Crippen LogP contribution in [0.15, 0.2) is 53.7 Å². The third-order valence-electron chi connectivity index (χ3n) is 4.50. The lowest BCUT2D eigenvalue weighted by Gasteiger charge is -2.27. The van der Waals surface area contributed by atoms with E-state index in [1.54, 1.807) is 54.1 Å². The molecule has 3 aromatic rings. The summed E-state index contributed by atoms with van der Waals surface area (Å²) in [6.07, 6.45) is 0. The summed E-state index contributed by atoms with van der Waals surface area (Å²) < 4.78 is 1.59. The first-order chi connectivity index (χ1) is 13.3. The molecule has 2 aromatic carbocycles. The van der Waals surface area contributed by atoms with Crippen molar-refractivity contribution >= 4 is 35.1 Å². The van der Waals surface area contributed by atoms with Crippen molar-refractivity contribution in [1.82, 2.24) is 14.8 Å². The van der Waals surface area contributed by atoms with Crippen molar-refractivity contribution < 1.29 is 9.90 Å². The summed E-state index contributed by atoms with van der Waals surface area (Å²) >= 11 is 12.1. The minimum Gasteiger partial charge on any atom is -0.508 e. The van der Waals surface area contributed by atoms with Gasteiger partial charge in [0, 0.05) is 11.3 Å². The molecule has 1 aliphatic heterocycles. The standard InChI is InChI=1S/C19H15Cl2N5O2/c1-9-15(17(22)28)16(10-2-5-12(27)6-3-10)26-19(23-9)24-18(25-26)11-4-7-13(20)14(21)8-11/h2-8,16,27H,1H3,(H2,22,28)(H,23,24,25). The highest BCUT2D eigenvalue weighted by Gasteiger charge is 2.33. The van der Waals surface area contributed by atoms with Crippen LogP contribution in [-0.4, -0.2) is 25.8 Å². The van der Waals surface area contributed by atoms with Crippen LogP contribution in [0.2, 0.25) is 10.0 Å². The van der Waals surface area contributed by atoms with Gasteiger partial charge in [-0.05, 0) is 42.8 Å². The Morgan fingerprint density at radius 1 is 1.18 bits per heavy atom. The van der Waals surface area contributed by atoms with Crippen LogP contribution < -0.4 is 11.1 Å². The number of phenols is 1. The Labute approximate surface area is 170 Å². The van der Waals surface area contributed by atoms with E-state index in [1.165, 1.54) is 0 Å². The molecule has 28 heavy (non-hydrogen) atoms. The van der Waals surface area contributed by atoms with Crippen LogP contribution in [-0.2, 0) is 4.79 Å². The van der Waals surface area contributed by atoms with Crippen LogP contribution in [0.4, 0.5) is 5.95 Å². The van der Waals surface area contributed by atoms with E-state index >= 15 is 0 Å². The number of benzene rings is 2. The molecule has 0 spiro atoms. The monoisotopic (exact) mass is 415 g/mol. The van der Waals surface area contributed by atoms with Gasteiger partial charge in [0.05, 0.1) is 15.6 Å². The lowest BCUT2D eigenvalue weighted by Crippen LogP contribution is -2.31. The van der Waals surface area contributed by atoms with Crippen LogP contribution in [0, 0.1) is 0 Å². The number of primary amides is 1. The number of carbonyl (C=O) groups excluding carboxylic acids is 1. The highest BCUT2D eigenvalue weighted by Crippen LogP contribution is 2.37. The molecule has 0 radical (unpaired) electrons. The lowest BCUT2D eigenvalue weighted by atomic mass is 9.95. The molecule has 9 heteroatoms. The highest BCUT2D eigenvalue weighted by atomic mass is 35.5. The number of hydrogen-bond donors (Lipinski definition) is 3. The molecule has 1 aromatic heterocycles. The van der Waals surface area contributed by atoms with E-state index in [2.05, 4.69) is 15.4 Å². The zero-order valence-corrected chi connectivity index (χ0v) is 16.2. The molecule has 1 aliphatic rings. The number of aromatic hydroxyl groups is 1. The number of halogens is 2. The first-order valence-electron chi connectivity index (χ1n) is 8.33. The molecular formula is C19H15Cl2N5O2. The first-order valence-corrected chi connectivity index (χ1v) is 9.09. The van der Waals surface area contributed by atoms with Gasteiger partial charge in [-0.15, -0.1) is 5.10 Å². The van der Waals surface area contributed by atoms with Crippen molar-refractivity contribution in [3.8, 4) is 17.1 Å². The molecule has 0 bridgehead atoms. The Morgan fingerprint density at radius 2 is 1.89 bits per heavy atom. The fraction of sp³-hybridized carbons (Fsp3) is 0.105. The molecule has 1 unspecified atom stereocenters. The minimum atomic E-state index is -0.585. The molecular weight excluding hydrogens is 401 g/mol. The van der Waals surface area contributed by atoms with Crippen LogP contribution in [0.3, 0.4) is 0 Å². The van der Waals surface area contributed by atoms with Crippen molar-refractivity contribution in [3.63, 3.8) is 0 Å². The molecule has 0 saturated heterocycles. The van der Waals surface area contributed by atoms with Crippen LogP contribution >= 0.6 is 23.2 Å². The number of nitrogens with two attached hydrogens (primary N) is 1. The summed E-state index contributed by atoms with van der Waals surface area (Å²) in [6, 6.07) is 11.0. The van der Waals surface area contributed by atoms with Crippen molar-refractivity contribution in [2.45, 2.75) is 13.0 Å². The van der Waals surface area contributed by atoms with Gasteiger partial charge < -0.3 is 16.2 Å². The van der Waals surface area contributed by atoms with Crippen molar-refractivity contribution in [1.29, 1.82) is 0 Å². The number of rotatable bonds is 3. The van der Waals surface area contributed by atoms with Gasteiger partial charge in [0.25, 0.3) is 0 Å². The highest BCUT2D eigenvalue weighted by molar-refractivity contribution is 6.42. The number of phenolic OH excluding ortho intramolecular Hbond substituents is 1. The molecule has 0 saturated carbocycles. The molecule has 4 N–H and O–H groups in total. The summed E-state index contributed by atoms with van der Waals surface area (Å²) in [5, 5.41) is 18.1. The Morgan fingerprint density at radius 3 is 2.54 bits per heavy atom. The number of carbonyl (C=O) groups is 1. The molecule has 4 rings (SSSR count). The number of nitrogens with zero attached hydrogens (tertiary/aromatic N) is 3. The molecule has 0 fully saturated rings. The third-order valence-corrected chi connectivity index (χ3v) is 5.24. The summed E-state index contributed by atoms with van der Waals surface area (Å²) in [6.45, 7) is 1.75. The topological polar surface area (TPSA) is 106 Å². The average Bonchev–Trinajstić information content (AvgIpc) is 3.07. The van der Waals surface area contributed by atoms with E-state index in [0.717, 1.165) is 5.56 Å². The lowest BCUT2D eigenvalue weighted by molar-refractivity contribution is -0.115. The minimum absolute atomic E-state index is 0.120. The zero-order chi connectivity index (χ0) is 20.0. The summed E-state index contributed by atoms with van der Waals surface area (Å²) in [7, 11) is 0. The number of aromatic nitrogens is 3. The SMILES string of the molecule is CC1=C(C(N)=O)C(c2ccc(O)cc2)n2nc(-c3ccc(Cl)c(Cl)c3)nc2N1. The Bertz CT molecular complexity index is 1120. The number of amides is 1. The molecule has 1 atom stereocenters. The second kappa shape index (κ2) is 6.85. The third kappa shape index (κ3) is 3.08. The van der Waals surface area contributed by atoms with Crippen molar-refractivity contribution in [3.05, 3.63) is 69.3 Å².